The van der Waals surface area contributed by atoms with Gasteiger partial charge in [-0.2, -0.15) is 0 Å². The van der Waals surface area contributed by atoms with Crippen LogP contribution in [0.2, 0.25) is 0 Å². The second-order valence-electron chi connectivity index (χ2n) is 5.72. The first-order valence-electron chi connectivity index (χ1n) is 7.85. The van der Waals surface area contributed by atoms with Crippen molar-refractivity contribution in [3.8, 4) is 0 Å². The Morgan fingerprint density at radius 1 is 1.10 bits per heavy atom. The third-order valence-corrected chi connectivity index (χ3v) is 3.75. The van der Waals surface area contributed by atoms with E-state index in [1.54, 1.807) is 6.92 Å². The molecule has 1 aliphatic heterocycles. The number of unbranched alkanes of at least 4 members (excludes halogenated alkanes) is 5. The van der Waals surface area contributed by atoms with E-state index in [-0.39, 0.29) is 18.9 Å². The summed E-state index contributed by atoms with van der Waals surface area (Å²) < 4.78 is 10.9. The minimum absolute atomic E-state index is 0.254. The van der Waals surface area contributed by atoms with Gasteiger partial charge < -0.3 is 24.8 Å². The van der Waals surface area contributed by atoms with Gasteiger partial charge in [-0.25, -0.2) is 0 Å². The number of carboxylic acid groups (broad SMARTS) is 1. The molecule has 124 valence electrons. The summed E-state index contributed by atoms with van der Waals surface area (Å²) in [6.45, 7) is 2.30. The molecular weight excluding hydrogens is 276 g/mol. The van der Waals surface area contributed by atoms with Crippen LogP contribution in [-0.4, -0.2) is 52.5 Å². The minimum atomic E-state index is -0.771. The number of aliphatic hydroxyl groups excluding tert-OH is 2. The first-order chi connectivity index (χ1) is 10.0. The smallest absolute Gasteiger partial charge is 0.303 e. The van der Waals surface area contributed by atoms with Gasteiger partial charge in [0.15, 0.2) is 6.29 Å². The number of hydrogen-bond acceptors (Lipinski definition) is 5. The maximum absolute atomic E-state index is 10.3. The van der Waals surface area contributed by atoms with Gasteiger partial charge in [0, 0.05) is 19.4 Å². The van der Waals surface area contributed by atoms with Crippen molar-refractivity contribution in [1.82, 2.24) is 0 Å². The Morgan fingerprint density at radius 3 is 2.38 bits per heavy atom. The van der Waals surface area contributed by atoms with Crippen LogP contribution < -0.4 is 0 Å². The zero-order chi connectivity index (χ0) is 15.7. The van der Waals surface area contributed by atoms with Crippen LogP contribution in [-0.2, 0) is 14.3 Å². The predicted octanol–water partition coefficient (Wildman–Crippen LogP) is 1.68. The predicted molar refractivity (Wildman–Crippen MR) is 76.9 cm³/mol. The van der Waals surface area contributed by atoms with Gasteiger partial charge in [0.2, 0.25) is 0 Å². The molecule has 0 amide bonds. The Bertz CT molecular complexity index is 296. The van der Waals surface area contributed by atoms with Crippen molar-refractivity contribution in [3.63, 3.8) is 0 Å². The SMILES string of the molecule is CC1O[C@@H](OCCCCCCCCC(=O)O)[C@@H](O)C[C@H]1O. The lowest BCUT2D eigenvalue weighted by Gasteiger charge is -2.35. The Kier molecular flexibility index (Phi) is 8.84. The fourth-order valence-corrected chi connectivity index (χ4v) is 2.38. The summed E-state index contributed by atoms with van der Waals surface area (Å²) in [5.74, 6) is -0.728. The third-order valence-electron chi connectivity index (χ3n) is 3.75. The molecule has 1 aliphatic rings. The van der Waals surface area contributed by atoms with Crippen molar-refractivity contribution < 1.29 is 29.6 Å². The van der Waals surface area contributed by atoms with E-state index in [2.05, 4.69) is 0 Å². The van der Waals surface area contributed by atoms with Crippen molar-refractivity contribution >= 4 is 5.97 Å². The Morgan fingerprint density at radius 2 is 1.71 bits per heavy atom. The van der Waals surface area contributed by atoms with E-state index in [0.29, 0.717) is 6.61 Å². The van der Waals surface area contributed by atoms with E-state index >= 15 is 0 Å². The van der Waals surface area contributed by atoms with Gasteiger partial charge in [-0.05, 0) is 19.8 Å². The molecule has 0 aromatic heterocycles. The Labute approximate surface area is 126 Å². The second kappa shape index (κ2) is 10.1. The van der Waals surface area contributed by atoms with E-state index in [9.17, 15) is 15.0 Å². The van der Waals surface area contributed by atoms with Crippen LogP contribution in [0.5, 0.6) is 0 Å². The van der Waals surface area contributed by atoms with Gasteiger partial charge in [-0.15, -0.1) is 0 Å². The van der Waals surface area contributed by atoms with Gasteiger partial charge in [-0.3, -0.25) is 4.79 Å². The van der Waals surface area contributed by atoms with Gasteiger partial charge in [0.1, 0.15) is 6.10 Å². The van der Waals surface area contributed by atoms with Gasteiger partial charge in [-0.1, -0.05) is 25.7 Å². The molecule has 1 fully saturated rings. The van der Waals surface area contributed by atoms with Crippen molar-refractivity contribution in [1.29, 1.82) is 0 Å². The molecule has 0 aromatic carbocycles. The third kappa shape index (κ3) is 7.76. The van der Waals surface area contributed by atoms with Crippen LogP contribution in [0.1, 0.15) is 58.3 Å². The normalized spacial score (nSPS) is 29.5. The number of carboxylic acids is 1. The average Bonchev–Trinajstić information content (AvgIpc) is 2.42. The van der Waals surface area contributed by atoms with E-state index in [1.807, 2.05) is 0 Å². The lowest BCUT2D eigenvalue weighted by Crippen LogP contribution is -2.47. The zero-order valence-electron chi connectivity index (χ0n) is 12.7. The van der Waals surface area contributed by atoms with Gasteiger partial charge in [0.05, 0.1) is 12.2 Å². The molecular formula is C15H28O6. The molecule has 1 heterocycles. The quantitative estimate of drug-likeness (QED) is 0.531. The summed E-state index contributed by atoms with van der Waals surface area (Å²) in [5, 5.41) is 27.8. The summed E-state index contributed by atoms with van der Waals surface area (Å²) in [4.78, 5) is 10.3. The van der Waals surface area contributed by atoms with Crippen LogP contribution in [0.3, 0.4) is 0 Å². The first-order valence-corrected chi connectivity index (χ1v) is 7.85. The maximum Gasteiger partial charge on any atom is 0.303 e. The summed E-state index contributed by atoms with van der Waals surface area (Å²) in [6, 6.07) is 0. The molecule has 3 N–H and O–H groups in total. The van der Waals surface area contributed by atoms with Crippen molar-refractivity contribution in [2.24, 2.45) is 0 Å². The molecule has 1 unspecified atom stereocenters. The van der Waals surface area contributed by atoms with Crippen molar-refractivity contribution in [3.05, 3.63) is 0 Å². The van der Waals surface area contributed by atoms with Crippen molar-refractivity contribution in [2.75, 3.05) is 6.61 Å². The molecule has 6 heteroatoms. The fourth-order valence-electron chi connectivity index (χ4n) is 2.38. The topological polar surface area (TPSA) is 96.2 Å². The lowest BCUT2D eigenvalue weighted by molar-refractivity contribution is -0.261. The molecule has 4 atom stereocenters. The highest BCUT2D eigenvalue weighted by molar-refractivity contribution is 5.66. The van der Waals surface area contributed by atoms with Crippen molar-refractivity contribution in [2.45, 2.75) is 82.9 Å². The number of hydrogen-bond donors (Lipinski definition) is 3. The summed E-state index contributed by atoms with van der Waals surface area (Å²) in [7, 11) is 0. The summed E-state index contributed by atoms with van der Waals surface area (Å²) in [6.07, 6.45) is 3.90. The average molecular weight is 304 g/mol. The lowest BCUT2D eigenvalue weighted by atomic mass is 10.0. The largest absolute Gasteiger partial charge is 0.481 e. The molecule has 1 saturated heterocycles. The number of aliphatic hydroxyl groups is 2. The molecule has 0 aromatic rings. The molecule has 1 rings (SSSR count). The highest BCUT2D eigenvalue weighted by Crippen LogP contribution is 2.21. The molecule has 0 bridgehead atoms. The van der Waals surface area contributed by atoms with E-state index in [4.69, 9.17) is 14.6 Å². The van der Waals surface area contributed by atoms with Crippen LogP contribution >= 0.6 is 0 Å². The summed E-state index contributed by atoms with van der Waals surface area (Å²) in [5.41, 5.74) is 0. The standard InChI is InChI=1S/C15H28O6/c1-11-12(16)10-13(17)15(21-11)20-9-7-5-3-2-4-6-8-14(18)19/h11-13,15-17H,2-10H2,1H3,(H,18,19)/t11?,12-,13+,15-/m1/s1. The highest BCUT2D eigenvalue weighted by atomic mass is 16.7. The summed E-state index contributed by atoms with van der Waals surface area (Å²) >= 11 is 0. The first kappa shape index (κ1) is 18.4. The van der Waals surface area contributed by atoms with Gasteiger partial charge in [0.25, 0.3) is 0 Å². The number of rotatable bonds is 10. The molecule has 0 aliphatic carbocycles. The van der Waals surface area contributed by atoms with Crippen LogP contribution in [0, 0.1) is 0 Å². The molecule has 0 radical (unpaired) electrons. The second-order valence-corrected chi connectivity index (χ2v) is 5.72. The number of ether oxygens (including phenoxy) is 2. The van der Waals surface area contributed by atoms with E-state index in [0.717, 1.165) is 38.5 Å². The van der Waals surface area contributed by atoms with Crippen LogP contribution in [0.15, 0.2) is 0 Å². The Balaban J connectivity index is 1.95. The van der Waals surface area contributed by atoms with Gasteiger partial charge >= 0.3 is 5.97 Å². The van der Waals surface area contributed by atoms with E-state index in [1.165, 1.54) is 0 Å². The number of carbonyl (C=O) groups is 1. The van der Waals surface area contributed by atoms with Crippen LogP contribution in [0.25, 0.3) is 0 Å². The highest BCUT2D eigenvalue weighted by Gasteiger charge is 2.34. The molecule has 6 nitrogen and oxygen atoms in total. The maximum atomic E-state index is 10.3. The molecule has 0 spiro atoms. The molecule has 21 heavy (non-hydrogen) atoms. The zero-order valence-corrected chi connectivity index (χ0v) is 12.7. The molecule has 0 saturated carbocycles. The van der Waals surface area contributed by atoms with E-state index < -0.39 is 24.5 Å². The monoisotopic (exact) mass is 304 g/mol. The number of aliphatic carboxylic acids is 1. The van der Waals surface area contributed by atoms with Crippen LogP contribution in [0.4, 0.5) is 0 Å². The minimum Gasteiger partial charge on any atom is -0.481 e. The Hall–Kier alpha value is -0.690. The fraction of sp³-hybridized carbons (Fsp3) is 0.933.